The molecule has 1 aromatic rings. The molecule has 1 atom stereocenters. The third-order valence-electron chi connectivity index (χ3n) is 4.57. The molecule has 2 heterocycles. The summed E-state index contributed by atoms with van der Waals surface area (Å²) in [6.45, 7) is 2.17. The van der Waals surface area contributed by atoms with Crippen molar-refractivity contribution in [3.05, 3.63) is 24.3 Å². The molecule has 1 aromatic carbocycles. The van der Waals surface area contributed by atoms with E-state index < -0.39 is 5.97 Å². The van der Waals surface area contributed by atoms with Gasteiger partial charge in [0.2, 0.25) is 5.91 Å². The van der Waals surface area contributed by atoms with Crippen molar-refractivity contribution in [2.45, 2.75) is 44.8 Å². The number of ether oxygens (including phenoxy) is 4. The highest BCUT2D eigenvalue weighted by Gasteiger charge is 2.21. The zero-order valence-electron chi connectivity index (χ0n) is 15.6. The summed E-state index contributed by atoms with van der Waals surface area (Å²) in [5, 5.41) is 0. The van der Waals surface area contributed by atoms with E-state index in [1.54, 1.807) is 17.0 Å². The van der Waals surface area contributed by atoms with Crippen molar-refractivity contribution in [3.8, 4) is 5.75 Å². The van der Waals surface area contributed by atoms with Gasteiger partial charge in [-0.05, 0) is 49.9 Å². The standard InChI is InChI=1S/C20H27NO6/c22-18-5-3-11-21(18)16-7-9-17(10-8-16)27-15-19(23)24-13-4-14-26-20-6-1-2-12-25-20/h7-10,20H,1-6,11-15H2/t20-/m1/s1. The van der Waals surface area contributed by atoms with Crippen LogP contribution in [0, 0.1) is 0 Å². The molecule has 7 nitrogen and oxygen atoms in total. The number of amides is 1. The van der Waals surface area contributed by atoms with Gasteiger partial charge in [-0.25, -0.2) is 4.79 Å². The highest BCUT2D eigenvalue weighted by atomic mass is 16.7. The minimum Gasteiger partial charge on any atom is -0.482 e. The second-order valence-corrected chi connectivity index (χ2v) is 6.67. The molecule has 27 heavy (non-hydrogen) atoms. The number of hydrogen-bond donors (Lipinski definition) is 0. The maximum atomic E-state index is 11.7. The zero-order chi connectivity index (χ0) is 18.9. The quantitative estimate of drug-likeness (QED) is 0.487. The van der Waals surface area contributed by atoms with Gasteiger partial charge in [0.1, 0.15) is 5.75 Å². The highest BCUT2D eigenvalue weighted by molar-refractivity contribution is 5.95. The Kier molecular flexibility index (Phi) is 7.47. The van der Waals surface area contributed by atoms with Crippen molar-refractivity contribution < 1.29 is 28.5 Å². The third kappa shape index (κ3) is 6.22. The molecule has 0 aromatic heterocycles. The highest BCUT2D eigenvalue weighted by Crippen LogP contribution is 2.23. The number of rotatable bonds is 9. The lowest BCUT2D eigenvalue weighted by molar-refractivity contribution is -0.165. The molecule has 0 radical (unpaired) electrons. The molecule has 0 spiro atoms. The predicted molar refractivity (Wildman–Crippen MR) is 98.6 cm³/mol. The summed E-state index contributed by atoms with van der Waals surface area (Å²) in [6, 6.07) is 7.17. The lowest BCUT2D eigenvalue weighted by Crippen LogP contribution is -2.23. The summed E-state index contributed by atoms with van der Waals surface area (Å²) in [5.74, 6) is 0.300. The Morgan fingerprint density at radius 3 is 2.70 bits per heavy atom. The van der Waals surface area contributed by atoms with Gasteiger partial charge in [0.15, 0.2) is 12.9 Å². The van der Waals surface area contributed by atoms with Crippen LogP contribution in [0.15, 0.2) is 24.3 Å². The molecule has 0 unspecified atom stereocenters. The fourth-order valence-corrected chi connectivity index (χ4v) is 3.13. The number of carbonyl (C=O) groups is 2. The number of hydrogen-bond acceptors (Lipinski definition) is 6. The first-order chi connectivity index (χ1) is 13.2. The largest absolute Gasteiger partial charge is 0.482 e. The van der Waals surface area contributed by atoms with Gasteiger partial charge in [0.25, 0.3) is 0 Å². The van der Waals surface area contributed by atoms with E-state index >= 15 is 0 Å². The van der Waals surface area contributed by atoms with Crippen LogP contribution in [0.5, 0.6) is 5.75 Å². The summed E-state index contributed by atoms with van der Waals surface area (Å²) in [4.78, 5) is 25.2. The van der Waals surface area contributed by atoms with E-state index in [1.807, 2.05) is 12.1 Å². The topological polar surface area (TPSA) is 74.3 Å². The van der Waals surface area contributed by atoms with Gasteiger partial charge in [0.05, 0.1) is 13.2 Å². The Bertz CT molecular complexity index is 611. The predicted octanol–water partition coefficient (Wildman–Crippen LogP) is 2.67. The van der Waals surface area contributed by atoms with Crippen LogP contribution in [0.4, 0.5) is 5.69 Å². The summed E-state index contributed by atoms with van der Waals surface area (Å²) in [6.07, 6.45) is 5.16. The van der Waals surface area contributed by atoms with Crippen LogP contribution in [0.2, 0.25) is 0 Å². The van der Waals surface area contributed by atoms with Crippen molar-refractivity contribution in [2.24, 2.45) is 0 Å². The second-order valence-electron chi connectivity index (χ2n) is 6.67. The average Bonchev–Trinajstić information content (AvgIpc) is 3.13. The summed E-state index contributed by atoms with van der Waals surface area (Å²) < 4.78 is 21.6. The number of anilines is 1. The fourth-order valence-electron chi connectivity index (χ4n) is 3.13. The third-order valence-corrected chi connectivity index (χ3v) is 4.57. The van der Waals surface area contributed by atoms with Gasteiger partial charge < -0.3 is 23.8 Å². The molecular formula is C20H27NO6. The van der Waals surface area contributed by atoms with E-state index in [1.165, 1.54) is 0 Å². The summed E-state index contributed by atoms with van der Waals surface area (Å²) in [7, 11) is 0. The molecule has 7 heteroatoms. The van der Waals surface area contributed by atoms with Crippen molar-refractivity contribution in [2.75, 3.05) is 37.9 Å². The van der Waals surface area contributed by atoms with Crippen LogP contribution in [0.25, 0.3) is 0 Å². The zero-order valence-corrected chi connectivity index (χ0v) is 15.6. The molecule has 0 aliphatic carbocycles. The Morgan fingerprint density at radius 1 is 1.15 bits per heavy atom. The molecule has 2 aliphatic heterocycles. The number of carbonyl (C=O) groups excluding carboxylic acids is 2. The lowest BCUT2D eigenvalue weighted by atomic mass is 10.2. The molecule has 148 valence electrons. The van der Waals surface area contributed by atoms with Gasteiger partial charge in [0, 0.05) is 31.7 Å². The number of nitrogens with zero attached hydrogens (tertiary/aromatic N) is 1. The maximum absolute atomic E-state index is 11.7. The number of esters is 1. The smallest absolute Gasteiger partial charge is 0.344 e. The van der Waals surface area contributed by atoms with E-state index in [0.717, 1.165) is 44.5 Å². The fraction of sp³-hybridized carbons (Fsp3) is 0.600. The Hall–Kier alpha value is -2.12. The SMILES string of the molecule is O=C(COc1ccc(N2CCCC2=O)cc1)OCCCO[C@@H]1CCCCO1. The van der Waals surface area contributed by atoms with E-state index in [2.05, 4.69) is 0 Å². The maximum Gasteiger partial charge on any atom is 0.344 e. The van der Waals surface area contributed by atoms with Crippen LogP contribution in [-0.4, -0.2) is 51.1 Å². The summed E-state index contributed by atoms with van der Waals surface area (Å²) >= 11 is 0. The molecule has 0 saturated carbocycles. The minimum atomic E-state index is -0.414. The van der Waals surface area contributed by atoms with Gasteiger partial charge >= 0.3 is 5.97 Å². The van der Waals surface area contributed by atoms with Gasteiger partial charge in [-0.1, -0.05) is 0 Å². The number of benzene rings is 1. The summed E-state index contributed by atoms with van der Waals surface area (Å²) in [5.41, 5.74) is 0.856. The van der Waals surface area contributed by atoms with Crippen molar-refractivity contribution in [3.63, 3.8) is 0 Å². The molecule has 0 bridgehead atoms. The van der Waals surface area contributed by atoms with E-state index in [4.69, 9.17) is 18.9 Å². The van der Waals surface area contributed by atoms with Crippen LogP contribution in [-0.2, 0) is 23.8 Å². The normalized spacial score (nSPS) is 19.9. The molecule has 2 aliphatic rings. The van der Waals surface area contributed by atoms with Gasteiger partial charge in [-0.2, -0.15) is 0 Å². The monoisotopic (exact) mass is 377 g/mol. The molecule has 3 rings (SSSR count). The van der Waals surface area contributed by atoms with Crippen molar-refractivity contribution >= 4 is 17.6 Å². The average molecular weight is 377 g/mol. The molecule has 1 amide bonds. The Balaban J connectivity index is 1.28. The van der Waals surface area contributed by atoms with Crippen molar-refractivity contribution in [1.29, 1.82) is 0 Å². The molecule has 0 N–H and O–H groups in total. The lowest BCUT2D eigenvalue weighted by Gasteiger charge is -2.22. The van der Waals surface area contributed by atoms with Gasteiger partial charge in [-0.3, -0.25) is 4.79 Å². The first kappa shape index (κ1) is 19.6. The molecule has 2 saturated heterocycles. The van der Waals surface area contributed by atoms with Gasteiger partial charge in [-0.15, -0.1) is 0 Å². The first-order valence-corrected chi connectivity index (χ1v) is 9.64. The molecule has 2 fully saturated rings. The minimum absolute atomic E-state index is 0.114. The van der Waals surface area contributed by atoms with E-state index in [9.17, 15) is 9.59 Å². The van der Waals surface area contributed by atoms with E-state index in [0.29, 0.717) is 31.8 Å². The van der Waals surface area contributed by atoms with Crippen LogP contribution in [0.3, 0.4) is 0 Å². The Labute approximate surface area is 159 Å². The Morgan fingerprint density at radius 2 is 2.00 bits per heavy atom. The van der Waals surface area contributed by atoms with Crippen LogP contribution < -0.4 is 9.64 Å². The first-order valence-electron chi connectivity index (χ1n) is 9.64. The molecular weight excluding hydrogens is 350 g/mol. The van der Waals surface area contributed by atoms with Crippen molar-refractivity contribution in [1.82, 2.24) is 0 Å². The van der Waals surface area contributed by atoms with Crippen LogP contribution >= 0.6 is 0 Å². The second kappa shape index (κ2) is 10.3. The van der Waals surface area contributed by atoms with E-state index in [-0.39, 0.29) is 18.8 Å². The van der Waals surface area contributed by atoms with Crippen LogP contribution in [0.1, 0.15) is 38.5 Å².